The van der Waals surface area contributed by atoms with Crippen molar-refractivity contribution in [3.8, 4) is 0 Å². The third-order valence-electron chi connectivity index (χ3n) is 12.3. The van der Waals surface area contributed by atoms with Gasteiger partial charge in [0.05, 0.1) is 18.1 Å². The summed E-state index contributed by atoms with van der Waals surface area (Å²) in [5, 5.41) is 33.0. The predicted molar refractivity (Wildman–Crippen MR) is 141 cm³/mol. The Bertz CT molecular complexity index is 1070. The van der Waals surface area contributed by atoms with E-state index in [-0.39, 0.29) is 5.41 Å². The van der Waals surface area contributed by atoms with Crippen molar-refractivity contribution in [2.45, 2.75) is 110 Å². The van der Waals surface area contributed by atoms with E-state index in [1.54, 1.807) is 0 Å². The smallest absolute Gasteiger partial charge is 0.306 e. The van der Waals surface area contributed by atoms with Gasteiger partial charge in [0.2, 0.25) is 0 Å². The summed E-state index contributed by atoms with van der Waals surface area (Å²) in [5.74, 6) is -1.67. The van der Waals surface area contributed by atoms with Gasteiger partial charge in [0.15, 0.2) is 0 Å². The fraction of sp³-hybridized carbons (Fsp3) is 0.774. The van der Waals surface area contributed by atoms with E-state index in [1.807, 2.05) is 13.8 Å². The van der Waals surface area contributed by atoms with Crippen molar-refractivity contribution < 1.29 is 29.9 Å². The molecule has 6 nitrogen and oxygen atoms in total. The number of allylic oxidation sites excluding steroid dienone is 2. The Morgan fingerprint density at radius 2 is 1.81 bits per heavy atom. The second-order valence-corrected chi connectivity index (χ2v) is 14.2. The molecule has 9 atom stereocenters. The molecule has 2 bridgehead atoms. The summed E-state index contributed by atoms with van der Waals surface area (Å²) in [4.78, 5) is 25.6. The Kier molecular flexibility index (Phi) is 5.88. The lowest BCUT2D eigenvalue weighted by Crippen LogP contribution is -2.76. The van der Waals surface area contributed by atoms with Gasteiger partial charge in [-0.1, -0.05) is 66.7 Å². The lowest BCUT2D eigenvalue weighted by Gasteiger charge is -2.72. The molecule has 0 aromatic heterocycles. The SMILES string of the molecule is C=C(CC[C@@H](C(=O)O)[C@H]1[C@H](O)C[C@@]2(C)[C@@]34C=C[C@@]5(OO3)C(C)(C)[C@@H](O)CC[C@]5(C)C4=CC[C@]12C)C(C)C. The molecule has 0 radical (unpaired) electrons. The summed E-state index contributed by atoms with van der Waals surface area (Å²) in [6, 6.07) is 0. The zero-order valence-corrected chi connectivity index (χ0v) is 23.6. The molecule has 3 fully saturated rings. The van der Waals surface area contributed by atoms with Crippen LogP contribution in [0.25, 0.3) is 0 Å². The van der Waals surface area contributed by atoms with Crippen LogP contribution in [0.4, 0.5) is 0 Å². The van der Waals surface area contributed by atoms with E-state index in [2.05, 4.69) is 59.4 Å². The summed E-state index contributed by atoms with van der Waals surface area (Å²) in [6.07, 6.45) is 8.87. The summed E-state index contributed by atoms with van der Waals surface area (Å²) >= 11 is 0. The molecule has 2 heterocycles. The molecule has 1 saturated heterocycles. The van der Waals surface area contributed by atoms with Crippen LogP contribution in [0.2, 0.25) is 0 Å². The first kappa shape index (κ1) is 27.1. The predicted octanol–water partition coefficient (Wildman–Crippen LogP) is 5.60. The molecule has 6 rings (SSSR count). The van der Waals surface area contributed by atoms with Crippen molar-refractivity contribution >= 4 is 5.97 Å². The maximum absolute atomic E-state index is 12.7. The van der Waals surface area contributed by atoms with Crippen molar-refractivity contribution in [3.05, 3.63) is 36.0 Å². The van der Waals surface area contributed by atoms with Crippen LogP contribution in [0, 0.1) is 39.4 Å². The van der Waals surface area contributed by atoms with Crippen LogP contribution in [0.15, 0.2) is 36.0 Å². The molecule has 37 heavy (non-hydrogen) atoms. The highest BCUT2D eigenvalue weighted by atomic mass is 17.2. The first-order chi connectivity index (χ1) is 17.0. The molecule has 0 unspecified atom stereocenters. The zero-order valence-electron chi connectivity index (χ0n) is 23.6. The molecule has 3 N–H and O–H groups in total. The van der Waals surface area contributed by atoms with E-state index in [9.17, 15) is 20.1 Å². The Labute approximate surface area is 221 Å². The van der Waals surface area contributed by atoms with Gasteiger partial charge in [0.1, 0.15) is 11.2 Å². The summed E-state index contributed by atoms with van der Waals surface area (Å²) < 4.78 is 0. The van der Waals surface area contributed by atoms with Crippen LogP contribution in [0.1, 0.15) is 87.0 Å². The standard InChI is InChI=1S/C31H46O6/c1-18(2)19(3)9-10-20(25(34)35)24-21(32)17-29(8)28(24,7)13-11-22-27(6)14-12-23(33)26(4,5)31(27)16-15-30(22,29)36-37-31/h11,15-16,18,20-21,23-24,32-33H,3,9-10,12-14,17H2,1-2,4-8H3,(H,34,35)/t20-,21-,23+,24+,27-,28-,29-,30+,31-/m1/s1. The Morgan fingerprint density at radius 1 is 1.14 bits per heavy atom. The fourth-order valence-electron chi connectivity index (χ4n) is 9.40. The van der Waals surface area contributed by atoms with Gasteiger partial charge in [0, 0.05) is 22.2 Å². The number of hydrogen-bond acceptors (Lipinski definition) is 5. The second-order valence-electron chi connectivity index (χ2n) is 14.2. The number of aliphatic hydroxyl groups is 2. The average molecular weight is 515 g/mol. The van der Waals surface area contributed by atoms with E-state index < -0.39 is 57.5 Å². The quantitative estimate of drug-likeness (QED) is 0.315. The summed E-state index contributed by atoms with van der Waals surface area (Å²) in [7, 11) is 0. The summed E-state index contributed by atoms with van der Waals surface area (Å²) in [6.45, 7) is 19.0. The van der Waals surface area contributed by atoms with Crippen molar-refractivity contribution in [3.63, 3.8) is 0 Å². The van der Waals surface area contributed by atoms with Gasteiger partial charge in [0.25, 0.3) is 0 Å². The monoisotopic (exact) mass is 514 g/mol. The molecule has 206 valence electrons. The molecule has 4 aliphatic carbocycles. The molecule has 0 amide bonds. The van der Waals surface area contributed by atoms with Gasteiger partial charge < -0.3 is 15.3 Å². The Hall–Kier alpha value is -1.47. The van der Waals surface area contributed by atoms with Crippen LogP contribution in [-0.4, -0.2) is 44.7 Å². The van der Waals surface area contributed by atoms with Gasteiger partial charge in [-0.3, -0.25) is 4.79 Å². The highest BCUT2D eigenvalue weighted by molar-refractivity contribution is 5.71. The summed E-state index contributed by atoms with van der Waals surface area (Å²) in [5.41, 5.74) is -1.52. The number of fused-ring (bicyclic) bond motifs is 2. The minimum Gasteiger partial charge on any atom is -0.481 e. The maximum atomic E-state index is 12.7. The van der Waals surface area contributed by atoms with E-state index in [0.717, 1.165) is 12.0 Å². The molecule has 6 aliphatic rings. The van der Waals surface area contributed by atoms with E-state index >= 15 is 0 Å². The third kappa shape index (κ3) is 2.99. The topological polar surface area (TPSA) is 96.2 Å². The van der Waals surface area contributed by atoms with Crippen LogP contribution < -0.4 is 0 Å². The van der Waals surface area contributed by atoms with Crippen molar-refractivity contribution in [2.24, 2.45) is 39.4 Å². The first-order valence-corrected chi connectivity index (χ1v) is 14.1. The van der Waals surface area contributed by atoms with Gasteiger partial charge in [-0.2, -0.15) is 0 Å². The minimum absolute atomic E-state index is 0.294. The largest absolute Gasteiger partial charge is 0.481 e. The van der Waals surface area contributed by atoms with Crippen LogP contribution in [-0.2, 0) is 14.6 Å². The molecule has 0 aromatic rings. The number of aliphatic carboxylic acids is 1. The van der Waals surface area contributed by atoms with Gasteiger partial charge in [-0.05, 0) is 67.6 Å². The van der Waals surface area contributed by atoms with Gasteiger partial charge in [-0.25, -0.2) is 9.78 Å². The normalized spacial score (nSPS) is 48.2. The van der Waals surface area contributed by atoms with E-state index in [4.69, 9.17) is 9.78 Å². The van der Waals surface area contributed by atoms with Gasteiger partial charge in [-0.15, -0.1) is 0 Å². The number of rotatable bonds is 6. The van der Waals surface area contributed by atoms with Crippen LogP contribution in [0.3, 0.4) is 0 Å². The molecular weight excluding hydrogens is 468 g/mol. The van der Waals surface area contributed by atoms with Crippen LogP contribution in [0.5, 0.6) is 0 Å². The van der Waals surface area contributed by atoms with Crippen molar-refractivity contribution in [2.75, 3.05) is 0 Å². The number of carboxylic acid groups (broad SMARTS) is 1. The zero-order chi connectivity index (χ0) is 27.4. The van der Waals surface area contributed by atoms with Gasteiger partial charge >= 0.3 is 5.97 Å². The minimum atomic E-state index is -0.894. The van der Waals surface area contributed by atoms with Crippen molar-refractivity contribution in [1.82, 2.24) is 0 Å². The van der Waals surface area contributed by atoms with E-state index in [0.29, 0.717) is 38.0 Å². The average Bonchev–Trinajstić information content (AvgIpc) is 3.03. The fourth-order valence-corrected chi connectivity index (χ4v) is 9.40. The first-order valence-electron chi connectivity index (χ1n) is 14.1. The molecular formula is C31H46O6. The molecule has 6 heteroatoms. The highest BCUT2D eigenvalue weighted by Crippen LogP contribution is 2.77. The lowest BCUT2D eigenvalue weighted by atomic mass is 9.39. The molecule has 2 saturated carbocycles. The number of carbonyl (C=O) groups is 1. The Balaban J connectivity index is 1.60. The second kappa shape index (κ2) is 8.03. The number of aliphatic hydroxyl groups excluding tert-OH is 2. The number of hydrogen-bond donors (Lipinski definition) is 3. The lowest BCUT2D eigenvalue weighted by molar-refractivity contribution is -0.483. The number of carboxylic acids is 1. The maximum Gasteiger partial charge on any atom is 0.306 e. The molecule has 0 aromatic carbocycles. The van der Waals surface area contributed by atoms with Crippen molar-refractivity contribution in [1.29, 1.82) is 0 Å². The molecule has 2 spiro atoms. The highest BCUT2D eigenvalue weighted by Gasteiger charge is 2.80. The Morgan fingerprint density at radius 3 is 2.38 bits per heavy atom. The molecule has 2 aliphatic heterocycles. The third-order valence-corrected chi connectivity index (χ3v) is 12.3. The van der Waals surface area contributed by atoms with E-state index in [1.165, 1.54) is 5.57 Å². The van der Waals surface area contributed by atoms with Crippen LogP contribution >= 0.6 is 0 Å².